The number of hydrogen-bond donors (Lipinski definition) is 1. The summed E-state index contributed by atoms with van der Waals surface area (Å²) >= 11 is 1.50. The molecule has 0 bridgehead atoms. The number of rotatable bonds is 7. The first kappa shape index (κ1) is 22.0. The first-order valence-corrected chi connectivity index (χ1v) is 12.6. The van der Waals surface area contributed by atoms with Crippen LogP contribution in [0.2, 0.25) is 0 Å². The van der Waals surface area contributed by atoms with Crippen LogP contribution in [0.4, 0.5) is 0 Å². The fourth-order valence-electron chi connectivity index (χ4n) is 3.66. The summed E-state index contributed by atoms with van der Waals surface area (Å²) in [7, 11) is -3.28. The van der Waals surface area contributed by atoms with Gasteiger partial charge in [-0.15, -0.1) is 0 Å². The third-order valence-electron chi connectivity index (χ3n) is 5.11. The predicted octanol–water partition coefficient (Wildman–Crippen LogP) is 4.30. The van der Waals surface area contributed by atoms with Crippen LogP contribution < -0.4 is 0 Å². The van der Waals surface area contributed by atoms with Crippen molar-refractivity contribution in [1.82, 2.24) is 14.5 Å². The maximum Gasteiger partial charge on any atom is 0.323 e. The Hall–Kier alpha value is -3.17. The average molecular weight is 468 g/mol. The van der Waals surface area contributed by atoms with E-state index in [9.17, 15) is 18.3 Å². The molecule has 0 aliphatic carbocycles. The average Bonchev–Trinajstić information content (AvgIpc) is 3.05. The highest BCUT2D eigenvalue weighted by atomic mass is 32.2. The van der Waals surface area contributed by atoms with Crippen LogP contribution in [-0.4, -0.2) is 40.3 Å². The van der Waals surface area contributed by atoms with Gasteiger partial charge in [-0.2, -0.15) is 0 Å². The fraction of sp³-hybridized carbons (Fsp3) is 0.174. The Morgan fingerprint density at radius 2 is 1.75 bits per heavy atom. The summed E-state index contributed by atoms with van der Waals surface area (Å²) in [6, 6.07) is 12.6. The molecule has 7 nitrogen and oxygen atoms in total. The number of fused-ring (bicyclic) bond motifs is 1. The highest BCUT2D eigenvalue weighted by Crippen LogP contribution is 2.40. The molecule has 2 heterocycles. The lowest BCUT2D eigenvalue weighted by atomic mass is 10.1. The summed E-state index contributed by atoms with van der Waals surface area (Å²) in [4.78, 5) is 21.8. The molecule has 9 heteroatoms. The Morgan fingerprint density at radius 3 is 2.34 bits per heavy atom. The van der Waals surface area contributed by atoms with Crippen LogP contribution in [-0.2, 0) is 27.6 Å². The maximum absolute atomic E-state index is 11.8. The van der Waals surface area contributed by atoms with Crippen molar-refractivity contribution in [2.24, 2.45) is 0 Å². The number of carboxylic acids is 1. The van der Waals surface area contributed by atoms with Crippen molar-refractivity contribution >= 4 is 38.5 Å². The zero-order valence-corrected chi connectivity index (χ0v) is 19.2. The Balaban J connectivity index is 1.87. The molecule has 0 amide bonds. The van der Waals surface area contributed by atoms with Gasteiger partial charge in [-0.05, 0) is 48.4 Å². The van der Waals surface area contributed by atoms with E-state index in [1.807, 2.05) is 29.7 Å². The van der Waals surface area contributed by atoms with E-state index in [1.54, 1.807) is 36.7 Å². The first-order chi connectivity index (χ1) is 15.3. The van der Waals surface area contributed by atoms with Gasteiger partial charge in [0.05, 0.1) is 4.90 Å². The van der Waals surface area contributed by atoms with Gasteiger partial charge in [-0.25, -0.2) is 18.4 Å². The summed E-state index contributed by atoms with van der Waals surface area (Å²) in [5.74, 6) is -0.911. The van der Waals surface area contributed by atoms with Gasteiger partial charge < -0.3 is 9.67 Å². The summed E-state index contributed by atoms with van der Waals surface area (Å²) < 4.78 is 25.4. The van der Waals surface area contributed by atoms with E-state index >= 15 is 0 Å². The zero-order chi connectivity index (χ0) is 22.9. The molecule has 164 valence electrons. The van der Waals surface area contributed by atoms with Gasteiger partial charge in [0.25, 0.3) is 0 Å². The van der Waals surface area contributed by atoms with Crippen molar-refractivity contribution in [2.75, 3.05) is 6.26 Å². The van der Waals surface area contributed by atoms with Crippen LogP contribution in [0, 0.1) is 0 Å². The van der Waals surface area contributed by atoms with Gasteiger partial charge in [0.2, 0.25) is 0 Å². The molecule has 0 aliphatic heterocycles. The van der Waals surface area contributed by atoms with E-state index in [-0.39, 0.29) is 11.4 Å². The van der Waals surface area contributed by atoms with Crippen LogP contribution in [0.15, 0.2) is 75.9 Å². The van der Waals surface area contributed by atoms with E-state index < -0.39 is 15.8 Å². The lowest BCUT2D eigenvalue weighted by molar-refractivity contribution is -0.137. The number of carboxylic acid groups (broad SMARTS) is 1. The first-order valence-electron chi connectivity index (χ1n) is 9.88. The Bertz CT molecular complexity index is 1400. The number of nitrogens with zero attached hydrogens (tertiary/aromatic N) is 3. The lowest BCUT2D eigenvalue weighted by Gasteiger charge is -2.08. The number of aromatic nitrogens is 3. The smallest absolute Gasteiger partial charge is 0.323 e. The minimum absolute atomic E-state index is 0.138. The molecular formula is C23H21N3O4S2. The molecule has 0 fully saturated rings. The van der Waals surface area contributed by atoms with Gasteiger partial charge in [0.15, 0.2) is 9.84 Å². The second-order valence-electron chi connectivity index (χ2n) is 7.31. The van der Waals surface area contributed by atoms with E-state index in [0.717, 1.165) is 37.5 Å². The second-order valence-corrected chi connectivity index (χ2v) is 10.4. The number of hydrogen-bond acceptors (Lipinski definition) is 6. The third-order valence-corrected chi connectivity index (χ3v) is 7.41. The Morgan fingerprint density at radius 1 is 1.06 bits per heavy atom. The van der Waals surface area contributed by atoms with Crippen molar-refractivity contribution in [3.05, 3.63) is 66.9 Å². The summed E-state index contributed by atoms with van der Waals surface area (Å²) in [6.45, 7) is 1.86. The molecule has 2 aromatic heterocycles. The molecule has 1 N–H and O–H groups in total. The minimum atomic E-state index is -3.28. The van der Waals surface area contributed by atoms with Crippen molar-refractivity contribution in [3.8, 4) is 11.1 Å². The van der Waals surface area contributed by atoms with Gasteiger partial charge in [0, 0.05) is 50.6 Å². The lowest BCUT2D eigenvalue weighted by Crippen LogP contribution is -2.11. The van der Waals surface area contributed by atoms with Gasteiger partial charge >= 0.3 is 5.97 Å². The van der Waals surface area contributed by atoms with E-state index in [4.69, 9.17) is 0 Å². The number of sulfone groups is 1. The van der Waals surface area contributed by atoms with E-state index in [2.05, 4.69) is 9.97 Å². The zero-order valence-electron chi connectivity index (χ0n) is 17.5. The van der Waals surface area contributed by atoms with Crippen molar-refractivity contribution in [2.45, 2.75) is 34.6 Å². The fourth-order valence-corrected chi connectivity index (χ4v) is 5.44. The van der Waals surface area contributed by atoms with Crippen molar-refractivity contribution in [3.63, 3.8) is 0 Å². The normalized spacial score (nSPS) is 11.7. The molecule has 0 radical (unpaired) electrons. The van der Waals surface area contributed by atoms with Crippen LogP contribution in [0.3, 0.4) is 0 Å². The number of carbonyl (C=O) groups is 1. The molecule has 0 atom stereocenters. The molecule has 0 saturated carbocycles. The van der Waals surface area contributed by atoms with Gasteiger partial charge in [0.1, 0.15) is 12.9 Å². The molecule has 0 saturated heterocycles. The molecule has 32 heavy (non-hydrogen) atoms. The second kappa shape index (κ2) is 8.76. The molecule has 0 unspecified atom stereocenters. The minimum Gasteiger partial charge on any atom is -0.480 e. The van der Waals surface area contributed by atoms with Crippen LogP contribution in [0.1, 0.15) is 12.6 Å². The van der Waals surface area contributed by atoms with Crippen LogP contribution in [0.5, 0.6) is 0 Å². The highest BCUT2D eigenvalue weighted by molar-refractivity contribution is 7.99. The largest absolute Gasteiger partial charge is 0.480 e. The number of aliphatic carboxylic acids is 1. The van der Waals surface area contributed by atoms with Crippen molar-refractivity contribution in [1.29, 1.82) is 0 Å². The third kappa shape index (κ3) is 4.39. The topological polar surface area (TPSA) is 102 Å². The molecule has 0 aliphatic rings. The number of benzene rings is 2. The quantitative estimate of drug-likeness (QED) is 0.432. The molecule has 2 aromatic carbocycles. The standard InChI is InChI=1S/C23H21N3O4S2/c1-3-20-23(31-17-5-7-18(8-6-17)32(2,29)30)19-10-15(16-11-24-14-25-12-16)4-9-21(19)26(20)13-22(27)28/h4-12,14H,3,13H2,1-2H3,(H,27,28). The summed E-state index contributed by atoms with van der Waals surface area (Å²) in [5.41, 5.74) is 3.55. The van der Waals surface area contributed by atoms with Gasteiger partial charge in [-0.3, -0.25) is 4.79 Å². The highest BCUT2D eigenvalue weighted by Gasteiger charge is 2.20. The summed E-state index contributed by atoms with van der Waals surface area (Å²) in [5, 5.41) is 10.4. The van der Waals surface area contributed by atoms with Crippen LogP contribution >= 0.6 is 11.8 Å². The monoisotopic (exact) mass is 467 g/mol. The van der Waals surface area contributed by atoms with E-state index in [0.29, 0.717) is 6.42 Å². The van der Waals surface area contributed by atoms with Gasteiger partial charge in [-0.1, -0.05) is 24.8 Å². The maximum atomic E-state index is 11.8. The Labute approximate surface area is 190 Å². The Kier molecular flexibility index (Phi) is 6.03. The SMILES string of the molecule is CCc1c(Sc2ccc(S(C)(=O)=O)cc2)c2cc(-c3cncnc3)ccc2n1CC(=O)O. The van der Waals surface area contributed by atoms with E-state index in [1.165, 1.54) is 24.3 Å². The molecule has 4 aromatic rings. The summed E-state index contributed by atoms with van der Waals surface area (Å²) in [6.07, 6.45) is 6.77. The molecular weight excluding hydrogens is 446 g/mol. The van der Waals surface area contributed by atoms with Crippen molar-refractivity contribution < 1.29 is 18.3 Å². The molecule has 0 spiro atoms. The molecule has 4 rings (SSSR count). The van der Waals surface area contributed by atoms with Crippen LogP contribution in [0.25, 0.3) is 22.0 Å². The predicted molar refractivity (Wildman–Crippen MR) is 124 cm³/mol.